The van der Waals surface area contributed by atoms with Crippen molar-refractivity contribution >= 4 is 47.0 Å². The van der Waals surface area contributed by atoms with Crippen molar-refractivity contribution in [1.82, 2.24) is 4.57 Å². The van der Waals surface area contributed by atoms with Crippen LogP contribution in [0.2, 0.25) is 0 Å². The topological polar surface area (TPSA) is 85.9 Å². The first-order valence-corrected chi connectivity index (χ1v) is 9.77. The normalized spacial score (nSPS) is 12.7. The number of rotatable bonds is 8. The first kappa shape index (κ1) is 20.0. The Balaban J connectivity index is 2.23. The second-order valence-corrected chi connectivity index (χ2v) is 7.23. The fraction of sp³-hybridized carbons (Fsp3) is 0.400. The summed E-state index contributed by atoms with van der Waals surface area (Å²) in [7, 11) is -3.07. The molecule has 142 valence electrons. The first-order valence-electron chi connectivity index (χ1n) is 9.77. The van der Waals surface area contributed by atoms with E-state index in [2.05, 4.69) is 18.4 Å². The molecule has 0 aliphatic rings. The molecule has 3 aromatic rings. The second kappa shape index (κ2) is 8.48. The fourth-order valence-electron chi connectivity index (χ4n) is 3.95. The Kier molecular flexibility index (Phi) is 6.27. The lowest BCUT2D eigenvalue weighted by Crippen LogP contribution is -2.29. The largest absolute Gasteiger partial charge is 0.488 e. The zero-order valence-electron chi connectivity index (χ0n) is 16.0. The number of benzene rings is 2. The maximum atomic E-state index is 9.57. The maximum Gasteiger partial charge on any atom is 0.488 e. The van der Waals surface area contributed by atoms with Gasteiger partial charge in [0.1, 0.15) is 0 Å². The summed E-state index contributed by atoms with van der Waals surface area (Å²) in [6, 6.07) is 11.2. The van der Waals surface area contributed by atoms with Crippen molar-refractivity contribution < 1.29 is 20.1 Å². The predicted octanol–water partition coefficient (Wildman–Crippen LogP) is 1.69. The molecule has 2 aromatic carbocycles. The molecule has 0 radical (unpaired) electrons. The lowest BCUT2D eigenvalue weighted by molar-refractivity contribution is 0.424. The van der Waals surface area contributed by atoms with Crippen LogP contribution < -0.4 is 10.9 Å². The van der Waals surface area contributed by atoms with Crippen molar-refractivity contribution in [3.8, 4) is 0 Å². The molecule has 0 aliphatic carbocycles. The van der Waals surface area contributed by atoms with Gasteiger partial charge in [0.15, 0.2) is 0 Å². The van der Waals surface area contributed by atoms with Gasteiger partial charge >= 0.3 is 14.2 Å². The summed E-state index contributed by atoms with van der Waals surface area (Å²) in [4.78, 5) is 0. The van der Waals surface area contributed by atoms with Gasteiger partial charge in [0, 0.05) is 27.8 Å². The maximum absolute atomic E-state index is 9.57. The van der Waals surface area contributed by atoms with E-state index >= 15 is 0 Å². The fourth-order valence-corrected chi connectivity index (χ4v) is 3.95. The molecule has 0 saturated carbocycles. The second-order valence-electron chi connectivity index (χ2n) is 7.23. The standard InChI is InChI=1S/C20H27B2NO4/c1-3-5-6-7-16(4-2)23-19-10-8-14(21(24)25)12-17(19)18-13-15(22(26)27)9-11-20(18)23/h8-13,16,24-27H,3-7H2,1-2H3. The van der Waals surface area contributed by atoms with Crippen LogP contribution in [0.4, 0.5) is 0 Å². The van der Waals surface area contributed by atoms with Crippen molar-refractivity contribution in [2.75, 3.05) is 0 Å². The summed E-state index contributed by atoms with van der Waals surface area (Å²) >= 11 is 0. The summed E-state index contributed by atoms with van der Waals surface area (Å²) in [5.74, 6) is 0. The van der Waals surface area contributed by atoms with Crippen LogP contribution in [-0.4, -0.2) is 38.9 Å². The van der Waals surface area contributed by atoms with E-state index in [1.165, 1.54) is 12.8 Å². The molecule has 1 aromatic heterocycles. The van der Waals surface area contributed by atoms with E-state index in [4.69, 9.17) is 0 Å². The molecule has 0 bridgehead atoms. The quantitative estimate of drug-likeness (QED) is 0.361. The Bertz CT molecular complexity index is 858. The molecule has 0 fully saturated rings. The van der Waals surface area contributed by atoms with Gasteiger partial charge in [0.25, 0.3) is 0 Å². The van der Waals surface area contributed by atoms with Crippen LogP contribution in [0.25, 0.3) is 21.8 Å². The zero-order chi connectivity index (χ0) is 19.6. The molecule has 27 heavy (non-hydrogen) atoms. The minimum atomic E-state index is -1.54. The average Bonchev–Trinajstić information content (AvgIpc) is 2.98. The molecule has 3 rings (SSSR count). The Morgan fingerprint density at radius 3 is 1.74 bits per heavy atom. The van der Waals surface area contributed by atoms with E-state index < -0.39 is 14.2 Å². The van der Waals surface area contributed by atoms with E-state index in [1.54, 1.807) is 24.3 Å². The summed E-state index contributed by atoms with van der Waals surface area (Å²) < 4.78 is 2.32. The summed E-state index contributed by atoms with van der Waals surface area (Å²) in [6.07, 6.45) is 5.63. The lowest BCUT2D eigenvalue weighted by atomic mass is 9.78. The highest BCUT2D eigenvalue weighted by Gasteiger charge is 2.21. The highest BCUT2D eigenvalue weighted by Crippen LogP contribution is 2.34. The van der Waals surface area contributed by atoms with Crippen LogP contribution in [0.3, 0.4) is 0 Å². The molecule has 5 nitrogen and oxygen atoms in total. The molecule has 0 aliphatic heterocycles. The molecule has 0 amide bonds. The van der Waals surface area contributed by atoms with Gasteiger partial charge in [0.05, 0.1) is 0 Å². The van der Waals surface area contributed by atoms with Crippen LogP contribution in [0.5, 0.6) is 0 Å². The van der Waals surface area contributed by atoms with Crippen LogP contribution >= 0.6 is 0 Å². The lowest BCUT2D eigenvalue weighted by Gasteiger charge is -2.20. The Morgan fingerprint density at radius 2 is 1.33 bits per heavy atom. The third-order valence-corrected chi connectivity index (χ3v) is 5.42. The Hall–Kier alpha value is -1.79. The number of unbranched alkanes of at least 4 members (excludes halogenated alkanes) is 2. The van der Waals surface area contributed by atoms with Crippen molar-refractivity contribution in [2.45, 2.75) is 52.0 Å². The molecule has 4 N–H and O–H groups in total. The van der Waals surface area contributed by atoms with E-state index in [0.717, 1.165) is 41.1 Å². The molecule has 0 saturated heterocycles. The van der Waals surface area contributed by atoms with Crippen LogP contribution in [0.1, 0.15) is 52.0 Å². The van der Waals surface area contributed by atoms with Crippen molar-refractivity contribution in [3.05, 3.63) is 36.4 Å². The highest BCUT2D eigenvalue weighted by molar-refractivity contribution is 6.59. The highest BCUT2D eigenvalue weighted by atomic mass is 16.4. The molecule has 1 heterocycles. The van der Waals surface area contributed by atoms with Crippen molar-refractivity contribution in [3.63, 3.8) is 0 Å². The monoisotopic (exact) mass is 367 g/mol. The van der Waals surface area contributed by atoms with Crippen LogP contribution in [-0.2, 0) is 0 Å². The van der Waals surface area contributed by atoms with E-state index in [1.807, 2.05) is 12.1 Å². The molecule has 0 spiro atoms. The molecule has 1 atom stereocenters. The van der Waals surface area contributed by atoms with Gasteiger partial charge in [-0.15, -0.1) is 0 Å². The first-order chi connectivity index (χ1) is 13.0. The minimum absolute atomic E-state index is 0.339. The van der Waals surface area contributed by atoms with Crippen molar-refractivity contribution in [2.24, 2.45) is 0 Å². The van der Waals surface area contributed by atoms with Gasteiger partial charge in [-0.3, -0.25) is 0 Å². The number of fused-ring (bicyclic) bond motifs is 3. The van der Waals surface area contributed by atoms with Gasteiger partial charge in [0.2, 0.25) is 0 Å². The van der Waals surface area contributed by atoms with E-state index in [0.29, 0.717) is 17.0 Å². The van der Waals surface area contributed by atoms with Gasteiger partial charge in [-0.1, -0.05) is 57.4 Å². The number of aromatic nitrogens is 1. The molecule has 1 unspecified atom stereocenters. The van der Waals surface area contributed by atoms with Gasteiger partial charge in [-0.25, -0.2) is 0 Å². The van der Waals surface area contributed by atoms with Crippen molar-refractivity contribution in [1.29, 1.82) is 0 Å². The molecular weight excluding hydrogens is 340 g/mol. The van der Waals surface area contributed by atoms with E-state index in [-0.39, 0.29) is 0 Å². The SMILES string of the molecule is CCCCCC(CC)n1c2ccc(B(O)O)cc2c2cc(B(O)O)ccc21. The summed E-state index contributed by atoms with van der Waals surface area (Å²) in [6.45, 7) is 4.39. The minimum Gasteiger partial charge on any atom is -0.423 e. The number of nitrogens with zero attached hydrogens (tertiary/aromatic N) is 1. The van der Waals surface area contributed by atoms with E-state index in [9.17, 15) is 20.1 Å². The van der Waals surface area contributed by atoms with Crippen LogP contribution in [0, 0.1) is 0 Å². The predicted molar refractivity (Wildman–Crippen MR) is 113 cm³/mol. The molecular formula is C20H27B2NO4. The third-order valence-electron chi connectivity index (χ3n) is 5.42. The van der Waals surface area contributed by atoms with Gasteiger partial charge < -0.3 is 24.7 Å². The number of hydrogen-bond acceptors (Lipinski definition) is 4. The summed E-state index contributed by atoms with van der Waals surface area (Å²) in [5.41, 5.74) is 2.91. The smallest absolute Gasteiger partial charge is 0.423 e. The Labute approximate surface area is 160 Å². The Morgan fingerprint density at radius 1 is 0.815 bits per heavy atom. The van der Waals surface area contributed by atoms with Crippen LogP contribution in [0.15, 0.2) is 36.4 Å². The average molecular weight is 367 g/mol. The zero-order valence-corrected chi connectivity index (χ0v) is 16.0. The van der Waals surface area contributed by atoms with Gasteiger partial charge in [-0.2, -0.15) is 0 Å². The molecule has 7 heteroatoms. The summed E-state index contributed by atoms with van der Waals surface area (Å²) in [5, 5.41) is 40.1. The number of hydrogen-bond donors (Lipinski definition) is 4. The van der Waals surface area contributed by atoms with Gasteiger partial charge in [-0.05, 0) is 35.9 Å². The third kappa shape index (κ3) is 3.92.